The summed E-state index contributed by atoms with van der Waals surface area (Å²) in [5.41, 5.74) is 5.85. The molecule has 2 heteroatoms. The minimum atomic E-state index is 0.887. The van der Waals surface area contributed by atoms with Crippen molar-refractivity contribution in [1.29, 1.82) is 0 Å². The highest BCUT2D eigenvalue weighted by Gasteiger charge is 2.05. The molecule has 0 amide bonds. The van der Waals surface area contributed by atoms with E-state index in [1.54, 1.807) is 7.11 Å². The van der Waals surface area contributed by atoms with Gasteiger partial charge in [0.1, 0.15) is 5.75 Å². The Balaban J connectivity index is 2.24. The third kappa shape index (κ3) is 4.49. The van der Waals surface area contributed by atoms with Crippen LogP contribution in [-0.4, -0.2) is 7.11 Å². The third-order valence-electron chi connectivity index (χ3n) is 3.87. The Bertz CT molecular complexity index is 713. The van der Waals surface area contributed by atoms with Gasteiger partial charge in [0.15, 0.2) is 0 Å². The Hall–Kier alpha value is -2.48. The summed E-state index contributed by atoms with van der Waals surface area (Å²) in [7, 11) is 1.70. The van der Waals surface area contributed by atoms with Crippen LogP contribution >= 0.6 is 0 Å². The van der Waals surface area contributed by atoms with Gasteiger partial charge in [-0.2, -0.15) is 0 Å². The van der Waals surface area contributed by atoms with Crippen LogP contribution in [0.25, 0.3) is 11.1 Å². The summed E-state index contributed by atoms with van der Waals surface area (Å²) in [6.07, 6.45) is 5.35. The summed E-state index contributed by atoms with van der Waals surface area (Å²) in [5.74, 6) is 0.887. The molecule has 0 bridgehead atoms. The average Bonchev–Trinajstić information content (AvgIpc) is 2.60. The molecule has 0 radical (unpaired) electrons. The zero-order valence-corrected chi connectivity index (χ0v) is 14.4. The molecule has 1 N–H and O–H groups in total. The van der Waals surface area contributed by atoms with E-state index < -0.39 is 0 Å². The molecule has 2 rings (SSSR count). The van der Waals surface area contributed by atoms with E-state index in [0.717, 1.165) is 29.0 Å². The van der Waals surface area contributed by atoms with Crippen molar-refractivity contribution in [1.82, 2.24) is 0 Å². The van der Waals surface area contributed by atoms with Crippen LogP contribution in [0.1, 0.15) is 27.2 Å². The van der Waals surface area contributed by atoms with Crippen LogP contribution in [0.2, 0.25) is 0 Å². The van der Waals surface area contributed by atoms with E-state index in [9.17, 15) is 0 Å². The summed E-state index contributed by atoms with van der Waals surface area (Å²) < 4.78 is 5.46. The first-order valence-electron chi connectivity index (χ1n) is 7.99. The van der Waals surface area contributed by atoms with Crippen LogP contribution in [0.5, 0.6) is 5.75 Å². The minimum absolute atomic E-state index is 0.887. The van der Waals surface area contributed by atoms with Gasteiger partial charge < -0.3 is 10.1 Å². The number of allylic oxidation sites excluding steroid dienone is 3. The highest BCUT2D eigenvalue weighted by molar-refractivity contribution is 5.73. The molecule has 0 heterocycles. The molecule has 0 saturated carbocycles. The van der Waals surface area contributed by atoms with Gasteiger partial charge in [0.2, 0.25) is 0 Å². The van der Waals surface area contributed by atoms with E-state index in [0.29, 0.717) is 0 Å². The fourth-order valence-corrected chi connectivity index (χ4v) is 2.43. The van der Waals surface area contributed by atoms with Crippen LogP contribution in [0.3, 0.4) is 0 Å². The SMILES string of the molecule is CC/C=C(C)\C(C)=C/Nc1cccc(-c2ccccc2OC)c1. The highest BCUT2D eigenvalue weighted by atomic mass is 16.5. The number of nitrogens with one attached hydrogen (secondary N) is 1. The van der Waals surface area contributed by atoms with E-state index in [1.807, 2.05) is 18.2 Å². The van der Waals surface area contributed by atoms with E-state index in [2.05, 4.69) is 68.7 Å². The highest BCUT2D eigenvalue weighted by Crippen LogP contribution is 2.31. The molecular weight excluding hydrogens is 282 g/mol. The lowest BCUT2D eigenvalue weighted by Gasteiger charge is -2.10. The molecule has 2 aromatic rings. The van der Waals surface area contributed by atoms with Crippen molar-refractivity contribution < 1.29 is 4.74 Å². The molecule has 23 heavy (non-hydrogen) atoms. The first kappa shape index (κ1) is 16.9. The van der Waals surface area contributed by atoms with Gasteiger partial charge in [0.05, 0.1) is 7.11 Å². The minimum Gasteiger partial charge on any atom is -0.496 e. The Labute approximate surface area is 139 Å². The molecule has 0 aliphatic rings. The molecule has 2 aromatic carbocycles. The van der Waals surface area contributed by atoms with Gasteiger partial charge in [0, 0.05) is 17.5 Å². The second-order valence-corrected chi connectivity index (χ2v) is 5.55. The molecule has 0 fully saturated rings. The molecule has 0 aliphatic carbocycles. The topological polar surface area (TPSA) is 21.3 Å². The van der Waals surface area contributed by atoms with Crippen LogP contribution in [0.4, 0.5) is 5.69 Å². The normalized spacial score (nSPS) is 12.2. The van der Waals surface area contributed by atoms with E-state index in [4.69, 9.17) is 4.74 Å². The molecule has 120 valence electrons. The molecule has 0 saturated heterocycles. The van der Waals surface area contributed by atoms with Crippen molar-refractivity contribution in [3.05, 3.63) is 72.0 Å². The van der Waals surface area contributed by atoms with E-state index >= 15 is 0 Å². The van der Waals surface area contributed by atoms with Crippen LogP contribution in [0.15, 0.2) is 72.0 Å². The van der Waals surface area contributed by atoms with Crippen molar-refractivity contribution >= 4 is 5.69 Å². The molecule has 2 nitrogen and oxygen atoms in total. The maximum Gasteiger partial charge on any atom is 0.126 e. The smallest absolute Gasteiger partial charge is 0.126 e. The number of hydrogen-bond donors (Lipinski definition) is 1. The summed E-state index contributed by atoms with van der Waals surface area (Å²) in [5, 5.41) is 3.39. The molecule has 0 aromatic heterocycles. The monoisotopic (exact) mass is 307 g/mol. The van der Waals surface area contributed by atoms with Crippen LogP contribution in [0, 0.1) is 0 Å². The van der Waals surface area contributed by atoms with Crippen molar-refractivity contribution in [3.63, 3.8) is 0 Å². The van der Waals surface area contributed by atoms with Crippen molar-refractivity contribution in [2.45, 2.75) is 27.2 Å². The summed E-state index contributed by atoms with van der Waals surface area (Å²) in [4.78, 5) is 0. The standard InChI is InChI=1S/C21H25NO/c1-5-9-16(2)17(3)15-22-19-11-8-10-18(14-19)20-12-6-7-13-21(20)23-4/h6-15,22H,5H2,1-4H3/b16-9-,17-15-. The first-order valence-corrected chi connectivity index (χ1v) is 7.99. The maximum atomic E-state index is 5.46. The molecule has 0 atom stereocenters. The number of ether oxygens (including phenoxy) is 1. The molecule has 0 spiro atoms. The fourth-order valence-electron chi connectivity index (χ4n) is 2.43. The number of para-hydroxylation sites is 1. The Morgan fingerprint density at radius 2 is 1.83 bits per heavy atom. The summed E-state index contributed by atoms with van der Waals surface area (Å²) in [6.45, 7) is 6.42. The van der Waals surface area contributed by atoms with E-state index in [-0.39, 0.29) is 0 Å². The van der Waals surface area contributed by atoms with Gasteiger partial charge in [0.25, 0.3) is 0 Å². The van der Waals surface area contributed by atoms with Gasteiger partial charge in [-0.05, 0) is 49.6 Å². The van der Waals surface area contributed by atoms with Crippen molar-refractivity contribution in [2.24, 2.45) is 0 Å². The van der Waals surface area contributed by atoms with E-state index in [1.165, 1.54) is 11.1 Å². The van der Waals surface area contributed by atoms with Gasteiger partial charge in [-0.1, -0.05) is 48.9 Å². The molecular formula is C21H25NO. The van der Waals surface area contributed by atoms with Gasteiger partial charge in [-0.25, -0.2) is 0 Å². The lowest BCUT2D eigenvalue weighted by Crippen LogP contribution is -1.92. The average molecular weight is 307 g/mol. The Morgan fingerprint density at radius 1 is 1.04 bits per heavy atom. The third-order valence-corrected chi connectivity index (χ3v) is 3.87. The quantitative estimate of drug-likeness (QED) is 0.657. The van der Waals surface area contributed by atoms with Gasteiger partial charge >= 0.3 is 0 Å². The second-order valence-electron chi connectivity index (χ2n) is 5.55. The zero-order valence-electron chi connectivity index (χ0n) is 14.4. The lowest BCUT2D eigenvalue weighted by molar-refractivity contribution is 0.416. The summed E-state index contributed by atoms with van der Waals surface area (Å²) in [6, 6.07) is 16.4. The first-order chi connectivity index (χ1) is 11.2. The fraction of sp³-hybridized carbons (Fsp3) is 0.238. The Morgan fingerprint density at radius 3 is 2.57 bits per heavy atom. The van der Waals surface area contributed by atoms with Crippen molar-refractivity contribution in [3.8, 4) is 16.9 Å². The predicted molar refractivity (Wildman–Crippen MR) is 99.9 cm³/mol. The van der Waals surface area contributed by atoms with Gasteiger partial charge in [-0.3, -0.25) is 0 Å². The lowest BCUT2D eigenvalue weighted by atomic mass is 10.0. The maximum absolute atomic E-state index is 5.46. The Kier molecular flexibility index (Phi) is 6.04. The van der Waals surface area contributed by atoms with Crippen LogP contribution < -0.4 is 10.1 Å². The number of hydrogen-bond acceptors (Lipinski definition) is 2. The number of rotatable bonds is 6. The molecule has 0 aliphatic heterocycles. The molecule has 0 unspecified atom stereocenters. The number of benzene rings is 2. The largest absolute Gasteiger partial charge is 0.496 e. The van der Waals surface area contributed by atoms with Crippen molar-refractivity contribution in [2.75, 3.05) is 12.4 Å². The predicted octanol–water partition coefficient (Wildman–Crippen LogP) is 6.03. The number of methoxy groups -OCH3 is 1. The summed E-state index contributed by atoms with van der Waals surface area (Å²) >= 11 is 0. The van der Waals surface area contributed by atoms with Crippen LogP contribution in [-0.2, 0) is 0 Å². The number of anilines is 1. The second kappa shape index (κ2) is 8.23. The zero-order chi connectivity index (χ0) is 16.7. The van der Waals surface area contributed by atoms with Gasteiger partial charge in [-0.15, -0.1) is 0 Å².